The number of carbonyl (C=O) groups is 1. The van der Waals surface area contributed by atoms with E-state index in [0.29, 0.717) is 10.7 Å². The van der Waals surface area contributed by atoms with Gasteiger partial charge in [0.25, 0.3) is 0 Å². The minimum absolute atomic E-state index is 0.141. The van der Waals surface area contributed by atoms with Crippen LogP contribution < -0.4 is 5.32 Å². The zero-order valence-electron chi connectivity index (χ0n) is 14.2. The van der Waals surface area contributed by atoms with Crippen molar-refractivity contribution in [3.8, 4) is 0 Å². The molecule has 1 N–H and O–H groups in total. The van der Waals surface area contributed by atoms with Crippen molar-refractivity contribution >= 4 is 39.1 Å². The quantitative estimate of drug-likeness (QED) is 0.627. The Balaban J connectivity index is 1.70. The van der Waals surface area contributed by atoms with Crippen LogP contribution in [0.4, 0.5) is 5.69 Å². The number of amides is 1. The zero-order valence-corrected chi connectivity index (χ0v) is 15.7. The van der Waals surface area contributed by atoms with E-state index in [1.165, 1.54) is 42.5 Å². The Bertz CT molecular complexity index is 1060. The molecule has 1 amide bonds. The van der Waals surface area contributed by atoms with Gasteiger partial charge in [0.05, 0.1) is 9.79 Å². The average Bonchev–Trinajstić information content (AvgIpc) is 2.68. The van der Waals surface area contributed by atoms with Gasteiger partial charge in [0, 0.05) is 16.8 Å². The van der Waals surface area contributed by atoms with Gasteiger partial charge < -0.3 is 5.32 Å². The summed E-state index contributed by atoms with van der Waals surface area (Å²) in [6, 6.07) is 21.5. The number of hydrogen-bond acceptors (Lipinski definition) is 3. The van der Waals surface area contributed by atoms with E-state index in [1.807, 2.05) is 30.3 Å². The molecule has 0 heterocycles. The van der Waals surface area contributed by atoms with Crippen LogP contribution in [0.25, 0.3) is 6.08 Å². The van der Waals surface area contributed by atoms with E-state index in [-0.39, 0.29) is 15.7 Å². The van der Waals surface area contributed by atoms with Crippen LogP contribution in [-0.2, 0) is 14.6 Å². The second-order valence-electron chi connectivity index (χ2n) is 5.72. The first-order valence-corrected chi connectivity index (χ1v) is 9.96. The molecule has 0 bridgehead atoms. The third kappa shape index (κ3) is 4.84. The summed E-state index contributed by atoms with van der Waals surface area (Å²) < 4.78 is 25.2. The molecule has 3 rings (SSSR count). The Morgan fingerprint density at radius 1 is 0.815 bits per heavy atom. The van der Waals surface area contributed by atoms with Crippen LogP contribution >= 0.6 is 11.6 Å². The van der Waals surface area contributed by atoms with Crippen LogP contribution in [0, 0.1) is 0 Å². The number of rotatable bonds is 5. The van der Waals surface area contributed by atoms with Crippen molar-refractivity contribution in [2.45, 2.75) is 9.79 Å². The number of sulfone groups is 1. The third-order valence-corrected chi connectivity index (χ3v) is 5.82. The van der Waals surface area contributed by atoms with Crippen LogP contribution in [0.15, 0.2) is 94.7 Å². The molecule has 0 atom stereocenters. The number of carbonyl (C=O) groups excluding carboxylic acids is 1. The maximum atomic E-state index is 12.6. The number of nitrogens with one attached hydrogen (secondary N) is 1. The van der Waals surface area contributed by atoms with E-state index >= 15 is 0 Å². The molecular weight excluding hydrogens is 382 g/mol. The van der Waals surface area contributed by atoms with Crippen molar-refractivity contribution in [2.75, 3.05) is 5.32 Å². The van der Waals surface area contributed by atoms with Crippen molar-refractivity contribution < 1.29 is 13.2 Å². The van der Waals surface area contributed by atoms with Gasteiger partial charge in [-0.15, -0.1) is 0 Å². The molecule has 4 nitrogen and oxygen atoms in total. The van der Waals surface area contributed by atoms with Gasteiger partial charge in [0.1, 0.15) is 0 Å². The molecule has 0 unspecified atom stereocenters. The Kier molecular flexibility index (Phi) is 5.74. The summed E-state index contributed by atoms with van der Waals surface area (Å²) in [5.41, 5.74) is 1.42. The molecular formula is C21H16ClNO3S. The highest BCUT2D eigenvalue weighted by atomic mass is 35.5. The summed E-state index contributed by atoms with van der Waals surface area (Å²) >= 11 is 5.80. The topological polar surface area (TPSA) is 63.2 Å². The van der Waals surface area contributed by atoms with Crippen molar-refractivity contribution in [3.05, 3.63) is 95.5 Å². The third-order valence-electron chi connectivity index (χ3n) is 3.78. The molecule has 3 aromatic carbocycles. The minimum atomic E-state index is -3.63. The lowest BCUT2D eigenvalue weighted by molar-refractivity contribution is -0.111. The zero-order chi connectivity index (χ0) is 19.3. The fourth-order valence-corrected chi connectivity index (χ4v) is 3.77. The standard InChI is InChI=1S/C21H16ClNO3S/c22-17-7-11-19(12-8-17)27(25,26)20-13-9-18(10-14-20)23-21(24)15-6-16-4-2-1-3-5-16/h1-15H,(H,23,24). The molecule has 0 saturated heterocycles. The summed E-state index contributed by atoms with van der Waals surface area (Å²) in [6.45, 7) is 0. The van der Waals surface area contributed by atoms with Gasteiger partial charge in [-0.3, -0.25) is 4.79 Å². The molecule has 6 heteroatoms. The average molecular weight is 398 g/mol. The maximum Gasteiger partial charge on any atom is 0.248 e. The Labute approximate surface area is 163 Å². The van der Waals surface area contributed by atoms with Crippen LogP contribution in [0.1, 0.15) is 5.56 Å². The molecule has 3 aromatic rings. The summed E-state index contributed by atoms with van der Waals surface area (Å²) in [6.07, 6.45) is 3.13. The molecule has 0 aliphatic rings. The lowest BCUT2D eigenvalue weighted by Crippen LogP contribution is -2.08. The van der Waals surface area contributed by atoms with E-state index in [4.69, 9.17) is 11.6 Å². The lowest BCUT2D eigenvalue weighted by atomic mass is 10.2. The maximum absolute atomic E-state index is 12.6. The SMILES string of the molecule is O=C(C=Cc1ccccc1)Nc1ccc(S(=O)(=O)c2ccc(Cl)cc2)cc1. The van der Waals surface area contributed by atoms with E-state index in [0.717, 1.165) is 5.56 Å². The highest BCUT2D eigenvalue weighted by molar-refractivity contribution is 7.91. The first-order chi connectivity index (χ1) is 12.9. The molecule has 0 fully saturated rings. The second-order valence-corrected chi connectivity index (χ2v) is 8.10. The van der Waals surface area contributed by atoms with Crippen molar-refractivity contribution in [3.63, 3.8) is 0 Å². The summed E-state index contributed by atoms with van der Waals surface area (Å²) in [7, 11) is -3.63. The first kappa shape index (κ1) is 18.9. The predicted octanol–water partition coefficient (Wildman–Crippen LogP) is 4.82. The normalized spacial score (nSPS) is 11.4. The molecule has 0 aliphatic heterocycles. The predicted molar refractivity (Wildman–Crippen MR) is 107 cm³/mol. The Hall–Kier alpha value is -2.89. The molecule has 0 radical (unpaired) electrons. The summed E-state index contributed by atoms with van der Waals surface area (Å²) in [5, 5.41) is 3.17. The lowest BCUT2D eigenvalue weighted by Gasteiger charge is -2.07. The smallest absolute Gasteiger partial charge is 0.248 e. The monoisotopic (exact) mass is 397 g/mol. The van der Waals surface area contributed by atoms with Gasteiger partial charge >= 0.3 is 0 Å². The van der Waals surface area contributed by atoms with Crippen LogP contribution in [0.5, 0.6) is 0 Å². The number of hydrogen-bond donors (Lipinski definition) is 1. The largest absolute Gasteiger partial charge is 0.323 e. The van der Waals surface area contributed by atoms with Gasteiger partial charge in [0.15, 0.2) is 0 Å². The number of anilines is 1. The van der Waals surface area contributed by atoms with Crippen LogP contribution in [0.2, 0.25) is 5.02 Å². The van der Waals surface area contributed by atoms with Gasteiger partial charge in [-0.25, -0.2) is 8.42 Å². The molecule has 27 heavy (non-hydrogen) atoms. The highest BCUT2D eigenvalue weighted by Gasteiger charge is 2.17. The number of benzene rings is 3. The molecule has 0 aliphatic carbocycles. The fraction of sp³-hybridized carbons (Fsp3) is 0. The van der Waals surface area contributed by atoms with E-state index in [1.54, 1.807) is 18.2 Å². The summed E-state index contributed by atoms with van der Waals surface area (Å²) in [5.74, 6) is -0.299. The second kappa shape index (κ2) is 8.20. The van der Waals surface area contributed by atoms with Gasteiger partial charge in [-0.2, -0.15) is 0 Å². The van der Waals surface area contributed by atoms with Crippen molar-refractivity contribution in [1.82, 2.24) is 0 Å². The molecule has 136 valence electrons. The Morgan fingerprint density at radius 2 is 1.37 bits per heavy atom. The molecule has 0 saturated carbocycles. The van der Waals surface area contributed by atoms with Gasteiger partial charge in [-0.1, -0.05) is 41.9 Å². The van der Waals surface area contributed by atoms with Gasteiger partial charge in [0.2, 0.25) is 15.7 Å². The van der Waals surface area contributed by atoms with Crippen LogP contribution in [0.3, 0.4) is 0 Å². The highest BCUT2D eigenvalue weighted by Crippen LogP contribution is 2.23. The fourth-order valence-electron chi connectivity index (χ4n) is 2.39. The van der Waals surface area contributed by atoms with E-state index in [9.17, 15) is 13.2 Å². The minimum Gasteiger partial charge on any atom is -0.323 e. The summed E-state index contributed by atoms with van der Waals surface area (Å²) in [4.78, 5) is 12.3. The van der Waals surface area contributed by atoms with E-state index in [2.05, 4.69) is 5.32 Å². The number of halogens is 1. The first-order valence-electron chi connectivity index (χ1n) is 8.10. The van der Waals surface area contributed by atoms with Crippen molar-refractivity contribution in [2.24, 2.45) is 0 Å². The van der Waals surface area contributed by atoms with Gasteiger partial charge in [-0.05, 0) is 60.2 Å². The van der Waals surface area contributed by atoms with E-state index < -0.39 is 9.84 Å². The molecule has 0 aromatic heterocycles. The van der Waals surface area contributed by atoms with Crippen molar-refractivity contribution in [1.29, 1.82) is 0 Å². The van der Waals surface area contributed by atoms with Crippen LogP contribution in [-0.4, -0.2) is 14.3 Å². The molecule has 0 spiro atoms. The Morgan fingerprint density at radius 3 is 1.96 bits per heavy atom.